The fourth-order valence-electron chi connectivity index (χ4n) is 1.87. The summed E-state index contributed by atoms with van der Waals surface area (Å²) < 4.78 is 9.26. The molecule has 0 unspecified atom stereocenters. The van der Waals surface area contributed by atoms with E-state index >= 15 is 0 Å². The molecule has 0 radical (unpaired) electrons. The first-order chi connectivity index (χ1) is 8.99. The summed E-state index contributed by atoms with van der Waals surface area (Å²) in [6, 6.07) is 0. The van der Waals surface area contributed by atoms with E-state index in [0.29, 0.717) is 28.8 Å². The van der Waals surface area contributed by atoms with Crippen molar-refractivity contribution in [3.05, 3.63) is 26.7 Å². The van der Waals surface area contributed by atoms with Crippen LogP contribution in [0, 0.1) is 6.92 Å². The van der Waals surface area contributed by atoms with Crippen LogP contribution in [-0.4, -0.2) is 31.7 Å². The van der Waals surface area contributed by atoms with Crippen molar-refractivity contribution in [2.24, 2.45) is 14.1 Å². The zero-order chi connectivity index (χ0) is 14.2. The van der Waals surface area contributed by atoms with Crippen LogP contribution in [0.3, 0.4) is 0 Å². The molecule has 2 heterocycles. The van der Waals surface area contributed by atoms with Gasteiger partial charge in [-0.25, -0.2) is 9.78 Å². The molecule has 0 amide bonds. The lowest BCUT2D eigenvalue weighted by atomic mass is 10.5. The summed E-state index contributed by atoms with van der Waals surface area (Å²) in [7, 11) is 4.84. The molecular formula is C11H16N4O3S. The number of aryl methyl sites for hydroxylation is 2. The highest BCUT2D eigenvalue weighted by Gasteiger charge is 2.16. The van der Waals surface area contributed by atoms with E-state index in [1.54, 1.807) is 25.6 Å². The highest BCUT2D eigenvalue weighted by Crippen LogP contribution is 2.11. The van der Waals surface area contributed by atoms with Crippen molar-refractivity contribution in [3.8, 4) is 0 Å². The van der Waals surface area contributed by atoms with Crippen LogP contribution >= 0.6 is 11.8 Å². The number of fused-ring (bicyclic) bond motifs is 1. The van der Waals surface area contributed by atoms with E-state index in [1.807, 2.05) is 0 Å². The van der Waals surface area contributed by atoms with Gasteiger partial charge in [-0.1, -0.05) is 0 Å². The first kappa shape index (κ1) is 13.9. The molecule has 0 aliphatic rings. The van der Waals surface area contributed by atoms with Gasteiger partial charge in [0, 0.05) is 21.2 Å². The molecule has 7 nitrogen and oxygen atoms in total. The van der Waals surface area contributed by atoms with Crippen molar-refractivity contribution in [1.29, 1.82) is 0 Å². The van der Waals surface area contributed by atoms with Crippen molar-refractivity contribution in [2.75, 3.05) is 13.0 Å². The van der Waals surface area contributed by atoms with E-state index in [-0.39, 0.29) is 11.2 Å². The highest BCUT2D eigenvalue weighted by atomic mass is 32.2. The largest absolute Gasteiger partial charge is 0.374 e. The molecule has 104 valence electrons. The quantitative estimate of drug-likeness (QED) is 0.585. The Balaban J connectivity index is 2.72. The molecule has 2 aromatic heterocycles. The number of hydrogen-bond donors (Lipinski definition) is 0. The Labute approximate surface area is 113 Å². The number of hydrogen-bond acceptors (Lipinski definition) is 5. The second kappa shape index (κ2) is 5.22. The molecule has 0 aliphatic carbocycles. The SMILES string of the molecule is COCSCn1c(=O)n(C)c(=O)c2c1nc(C)n2C. The number of imidazole rings is 1. The van der Waals surface area contributed by atoms with E-state index < -0.39 is 0 Å². The van der Waals surface area contributed by atoms with Crippen LogP contribution in [0.2, 0.25) is 0 Å². The van der Waals surface area contributed by atoms with Crippen LogP contribution in [0.25, 0.3) is 11.2 Å². The van der Waals surface area contributed by atoms with E-state index in [2.05, 4.69) is 4.98 Å². The Morgan fingerprint density at radius 3 is 2.58 bits per heavy atom. The monoisotopic (exact) mass is 284 g/mol. The Morgan fingerprint density at radius 2 is 1.95 bits per heavy atom. The zero-order valence-electron chi connectivity index (χ0n) is 11.3. The summed E-state index contributed by atoms with van der Waals surface area (Å²) in [4.78, 5) is 28.6. The summed E-state index contributed by atoms with van der Waals surface area (Å²) in [5, 5.41) is 0. The molecule has 0 bridgehead atoms. The van der Waals surface area contributed by atoms with E-state index in [0.717, 1.165) is 4.57 Å². The lowest BCUT2D eigenvalue weighted by Gasteiger charge is -2.08. The lowest BCUT2D eigenvalue weighted by Crippen LogP contribution is -2.38. The Bertz CT molecular complexity index is 728. The fourth-order valence-corrected chi connectivity index (χ4v) is 2.52. The molecule has 0 aromatic carbocycles. The van der Waals surface area contributed by atoms with Crippen molar-refractivity contribution >= 4 is 22.9 Å². The van der Waals surface area contributed by atoms with Gasteiger partial charge in [0.15, 0.2) is 11.2 Å². The zero-order valence-corrected chi connectivity index (χ0v) is 12.2. The number of nitrogens with zero attached hydrogens (tertiary/aromatic N) is 4. The minimum atomic E-state index is -0.362. The van der Waals surface area contributed by atoms with Gasteiger partial charge in [-0.3, -0.25) is 13.9 Å². The number of rotatable bonds is 4. The molecule has 0 saturated carbocycles. The third kappa shape index (κ3) is 2.21. The molecule has 8 heteroatoms. The number of ether oxygens (including phenoxy) is 1. The first-order valence-corrected chi connectivity index (χ1v) is 6.84. The van der Waals surface area contributed by atoms with Crippen LogP contribution < -0.4 is 11.2 Å². The van der Waals surface area contributed by atoms with Crippen LogP contribution in [-0.2, 0) is 24.7 Å². The average molecular weight is 284 g/mol. The third-order valence-electron chi connectivity index (χ3n) is 3.00. The molecule has 0 spiro atoms. The molecular weight excluding hydrogens is 268 g/mol. The lowest BCUT2D eigenvalue weighted by molar-refractivity contribution is 0.258. The summed E-state index contributed by atoms with van der Waals surface area (Å²) >= 11 is 1.44. The van der Waals surface area contributed by atoms with Crippen LogP contribution in [0.5, 0.6) is 0 Å². The summed E-state index contributed by atoms with van der Waals surface area (Å²) in [5.74, 6) is 1.57. The van der Waals surface area contributed by atoms with Crippen molar-refractivity contribution in [2.45, 2.75) is 12.8 Å². The maximum absolute atomic E-state index is 12.1. The van der Waals surface area contributed by atoms with Crippen molar-refractivity contribution in [3.63, 3.8) is 0 Å². The van der Waals surface area contributed by atoms with Gasteiger partial charge in [-0.15, -0.1) is 11.8 Å². The van der Waals surface area contributed by atoms with E-state index in [9.17, 15) is 9.59 Å². The topological polar surface area (TPSA) is 71.1 Å². The second-order valence-corrected chi connectivity index (χ2v) is 5.11. The number of thioether (sulfide) groups is 1. The van der Waals surface area contributed by atoms with Gasteiger partial charge in [-0.2, -0.15) is 0 Å². The maximum Gasteiger partial charge on any atom is 0.333 e. The van der Waals surface area contributed by atoms with Crippen molar-refractivity contribution in [1.82, 2.24) is 18.7 Å². The molecule has 2 rings (SSSR count). The minimum Gasteiger partial charge on any atom is -0.374 e. The minimum absolute atomic E-state index is 0.323. The van der Waals surface area contributed by atoms with Gasteiger partial charge >= 0.3 is 5.69 Å². The van der Waals surface area contributed by atoms with Gasteiger partial charge in [0.05, 0.1) is 11.8 Å². The molecule has 0 N–H and O–H groups in total. The molecule has 19 heavy (non-hydrogen) atoms. The van der Waals surface area contributed by atoms with E-state index in [1.165, 1.54) is 23.4 Å². The Hall–Kier alpha value is -1.54. The normalized spacial score (nSPS) is 11.4. The van der Waals surface area contributed by atoms with Crippen molar-refractivity contribution < 1.29 is 4.74 Å². The summed E-state index contributed by atoms with van der Waals surface area (Å²) in [6.45, 7) is 1.80. The van der Waals surface area contributed by atoms with Gasteiger partial charge in [0.2, 0.25) is 0 Å². The highest BCUT2D eigenvalue weighted by molar-refractivity contribution is 7.98. The number of aromatic nitrogens is 4. The summed E-state index contributed by atoms with van der Waals surface area (Å²) in [5.41, 5.74) is 0.185. The second-order valence-electron chi connectivity index (χ2n) is 4.20. The average Bonchev–Trinajstić information content (AvgIpc) is 2.67. The van der Waals surface area contributed by atoms with Gasteiger partial charge in [0.25, 0.3) is 5.56 Å². The smallest absolute Gasteiger partial charge is 0.333 e. The molecule has 0 atom stereocenters. The van der Waals surface area contributed by atoms with Crippen LogP contribution in [0.1, 0.15) is 5.82 Å². The van der Waals surface area contributed by atoms with Gasteiger partial charge in [-0.05, 0) is 6.92 Å². The van der Waals surface area contributed by atoms with Gasteiger partial charge < -0.3 is 9.30 Å². The molecule has 0 aliphatic heterocycles. The van der Waals surface area contributed by atoms with E-state index in [4.69, 9.17) is 4.74 Å². The van der Waals surface area contributed by atoms with Gasteiger partial charge in [0.1, 0.15) is 5.82 Å². The predicted molar refractivity (Wildman–Crippen MR) is 74.4 cm³/mol. The molecule has 0 saturated heterocycles. The maximum atomic E-state index is 12.1. The Kier molecular flexibility index (Phi) is 3.81. The third-order valence-corrected chi connectivity index (χ3v) is 3.85. The summed E-state index contributed by atoms with van der Waals surface area (Å²) in [6.07, 6.45) is 0. The number of methoxy groups -OCH3 is 1. The molecule has 2 aromatic rings. The van der Waals surface area contributed by atoms with Crippen LogP contribution in [0.4, 0.5) is 0 Å². The van der Waals surface area contributed by atoms with Crippen LogP contribution in [0.15, 0.2) is 9.59 Å². The first-order valence-electron chi connectivity index (χ1n) is 5.68. The predicted octanol–water partition coefficient (Wildman–Crippen LogP) is 0.0367. The Morgan fingerprint density at radius 1 is 1.26 bits per heavy atom. The fraction of sp³-hybridized carbons (Fsp3) is 0.545. The standard InChI is InChI=1S/C11H16N4O3S/c1-7-12-9-8(13(7)2)10(16)14(3)11(17)15(9)5-19-6-18-4/h5-6H2,1-4H3. The molecule has 0 fully saturated rings.